The van der Waals surface area contributed by atoms with Gasteiger partial charge in [0.15, 0.2) is 5.13 Å². The molecule has 0 aliphatic carbocycles. The van der Waals surface area contributed by atoms with Crippen molar-refractivity contribution in [2.75, 3.05) is 17.2 Å². The molecule has 4 aromatic rings. The summed E-state index contributed by atoms with van der Waals surface area (Å²) >= 11 is 3.33. The van der Waals surface area contributed by atoms with Crippen LogP contribution >= 0.6 is 23.1 Å². The lowest BCUT2D eigenvalue weighted by Crippen LogP contribution is -2.32. The molecule has 4 rings (SSSR count). The van der Waals surface area contributed by atoms with Gasteiger partial charge in [-0.2, -0.15) is 0 Å². The van der Waals surface area contributed by atoms with Gasteiger partial charge in [-0.05, 0) is 48.6 Å². The number of aromatic nitrogens is 3. The number of fused-ring (bicyclic) bond motifs is 1. The number of anilines is 1. The molecule has 0 radical (unpaired) electrons. The second kappa shape index (κ2) is 9.24. The minimum absolute atomic E-state index is 0.0114. The van der Waals surface area contributed by atoms with Crippen molar-refractivity contribution in [2.24, 2.45) is 0 Å². The number of hydrogen-bond donors (Lipinski definition) is 0. The standard InChI is InChI=1S/C22H22N4OS2/c1-2-28-18-10-8-17(9-11-18)21(27)26(14-5-13-25-15-12-23-16-25)22-24-19-6-3-4-7-20(19)29-22/h3-4,6-12,15-16H,2,5,13-14H2,1H3. The van der Waals surface area contributed by atoms with E-state index in [1.54, 1.807) is 35.6 Å². The van der Waals surface area contributed by atoms with Crippen molar-refractivity contribution in [1.82, 2.24) is 14.5 Å². The van der Waals surface area contributed by atoms with Crippen molar-refractivity contribution in [3.63, 3.8) is 0 Å². The first kappa shape index (κ1) is 19.7. The molecule has 0 unspecified atom stereocenters. The maximum atomic E-state index is 13.4. The molecule has 0 atom stereocenters. The summed E-state index contributed by atoms with van der Waals surface area (Å²) in [6.45, 7) is 3.53. The number of hydrogen-bond acceptors (Lipinski definition) is 5. The highest BCUT2D eigenvalue weighted by Gasteiger charge is 2.21. The number of thiazole rings is 1. The van der Waals surface area contributed by atoms with Gasteiger partial charge in [-0.25, -0.2) is 9.97 Å². The van der Waals surface area contributed by atoms with Crippen LogP contribution in [-0.4, -0.2) is 32.7 Å². The zero-order valence-electron chi connectivity index (χ0n) is 16.2. The number of para-hydroxylation sites is 1. The average molecular weight is 423 g/mol. The normalized spacial score (nSPS) is 11.1. The fraction of sp³-hybridized carbons (Fsp3) is 0.227. The zero-order chi connectivity index (χ0) is 20.1. The van der Waals surface area contributed by atoms with E-state index in [-0.39, 0.29) is 5.91 Å². The molecule has 0 spiro atoms. The van der Waals surface area contributed by atoms with E-state index in [9.17, 15) is 4.79 Å². The van der Waals surface area contributed by atoms with E-state index in [4.69, 9.17) is 4.98 Å². The minimum Gasteiger partial charge on any atom is -0.337 e. The number of amides is 1. The Balaban J connectivity index is 1.58. The first-order valence-electron chi connectivity index (χ1n) is 9.60. The van der Waals surface area contributed by atoms with Crippen molar-refractivity contribution >= 4 is 44.4 Å². The number of carbonyl (C=O) groups excluding carboxylic acids is 1. The first-order valence-corrected chi connectivity index (χ1v) is 11.4. The van der Waals surface area contributed by atoms with Crippen molar-refractivity contribution < 1.29 is 4.79 Å². The number of nitrogens with zero attached hydrogens (tertiary/aromatic N) is 4. The van der Waals surface area contributed by atoms with E-state index in [0.29, 0.717) is 12.1 Å². The first-order chi connectivity index (χ1) is 14.2. The Morgan fingerprint density at radius 1 is 1.17 bits per heavy atom. The zero-order valence-corrected chi connectivity index (χ0v) is 17.8. The number of benzene rings is 2. The largest absolute Gasteiger partial charge is 0.337 e. The summed E-state index contributed by atoms with van der Waals surface area (Å²) in [7, 11) is 0. The van der Waals surface area contributed by atoms with Gasteiger partial charge in [0.2, 0.25) is 0 Å². The van der Waals surface area contributed by atoms with Crippen LogP contribution in [0, 0.1) is 0 Å². The highest BCUT2D eigenvalue weighted by molar-refractivity contribution is 7.99. The van der Waals surface area contributed by atoms with Crippen LogP contribution in [0.2, 0.25) is 0 Å². The highest BCUT2D eigenvalue weighted by atomic mass is 32.2. The molecule has 0 N–H and O–H groups in total. The quantitative estimate of drug-likeness (QED) is 0.360. The van der Waals surface area contributed by atoms with Gasteiger partial charge in [-0.15, -0.1) is 11.8 Å². The fourth-order valence-corrected chi connectivity index (χ4v) is 4.76. The SMILES string of the molecule is CCSc1ccc(C(=O)N(CCCn2ccnc2)c2nc3ccccc3s2)cc1. The van der Waals surface area contributed by atoms with Gasteiger partial charge in [0.25, 0.3) is 5.91 Å². The molecule has 1 amide bonds. The molecule has 0 fully saturated rings. The van der Waals surface area contributed by atoms with Crippen molar-refractivity contribution in [3.05, 3.63) is 72.8 Å². The summed E-state index contributed by atoms with van der Waals surface area (Å²) in [6.07, 6.45) is 6.33. The maximum Gasteiger partial charge on any atom is 0.260 e. The van der Waals surface area contributed by atoms with Crippen LogP contribution in [0.4, 0.5) is 5.13 Å². The van der Waals surface area contributed by atoms with Gasteiger partial charge in [0.1, 0.15) is 0 Å². The van der Waals surface area contributed by atoms with Crippen LogP contribution in [0.5, 0.6) is 0 Å². The molecule has 2 aromatic carbocycles. The smallest absolute Gasteiger partial charge is 0.260 e. The molecule has 0 saturated heterocycles. The topological polar surface area (TPSA) is 51.0 Å². The second-order valence-electron chi connectivity index (χ2n) is 6.53. The average Bonchev–Trinajstić information content (AvgIpc) is 3.41. The third-order valence-corrected chi connectivity index (χ3v) is 6.48. The lowest BCUT2D eigenvalue weighted by Gasteiger charge is -2.20. The van der Waals surface area contributed by atoms with Gasteiger partial charge in [-0.3, -0.25) is 9.69 Å². The molecule has 5 nitrogen and oxygen atoms in total. The molecule has 29 heavy (non-hydrogen) atoms. The van der Waals surface area contributed by atoms with E-state index in [1.807, 2.05) is 64.2 Å². The predicted molar refractivity (Wildman–Crippen MR) is 121 cm³/mol. The van der Waals surface area contributed by atoms with Crippen LogP contribution in [0.1, 0.15) is 23.7 Å². The van der Waals surface area contributed by atoms with Crippen LogP contribution in [0.3, 0.4) is 0 Å². The summed E-state index contributed by atoms with van der Waals surface area (Å²) in [5, 5.41) is 0.744. The predicted octanol–water partition coefficient (Wildman–Crippen LogP) is 5.34. The minimum atomic E-state index is -0.0114. The van der Waals surface area contributed by atoms with E-state index in [2.05, 4.69) is 11.9 Å². The van der Waals surface area contributed by atoms with E-state index < -0.39 is 0 Å². The van der Waals surface area contributed by atoms with Gasteiger partial charge in [-0.1, -0.05) is 30.4 Å². The van der Waals surface area contributed by atoms with Gasteiger partial charge < -0.3 is 4.57 Å². The van der Waals surface area contributed by atoms with Crippen molar-refractivity contribution in [1.29, 1.82) is 0 Å². The van der Waals surface area contributed by atoms with E-state index in [0.717, 1.165) is 34.1 Å². The Labute approximate surface area is 178 Å². The monoisotopic (exact) mass is 422 g/mol. The Bertz CT molecular complexity index is 1040. The van der Waals surface area contributed by atoms with Crippen LogP contribution < -0.4 is 4.90 Å². The Morgan fingerprint density at radius 3 is 2.72 bits per heavy atom. The molecule has 2 heterocycles. The fourth-order valence-electron chi connectivity index (χ4n) is 3.11. The van der Waals surface area contributed by atoms with Crippen LogP contribution in [0.15, 0.2) is 72.1 Å². The van der Waals surface area contributed by atoms with Crippen LogP contribution in [-0.2, 0) is 6.54 Å². The summed E-state index contributed by atoms with van der Waals surface area (Å²) in [5.74, 6) is 1.00. The Kier molecular flexibility index (Phi) is 6.27. The molecule has 0 bridgehead atoms. The molecular weight excluding hydrogens is 400 g/mol. The molecule has 0 aliphatic heterocycles. The van der Waals surface area contributed by atoms with Crippen LogP contribution in [0.25, 0.3) is 10.2 Å². The number of thioether (sulfide) groups is 1. The maximum absolute atomic E-state index is 13.4. The Morgan fingerprint density at radius 2 is 2.00 bits per heavy atom. The summed E-state index contributed by atoms with van der Waals surface area (Å²) in [5.41, 5.74) is 1.61. The third-order valence-electron chi connectivity index (χ3n) is 4.53. The number of aryl methyl sites for hydroxylation is 1. The molecule has 0 saturated carbocycles. The molecule has 2 aromatic heterocycles. The second-order valence-corrected chi connectivity index (χ2v) is 8.88. The number of carbonyl (C=O) groups is 1. The highest BCUT2D eigenvalue weighted by Crippen LogP contribution is 2.30. The Hall–Kier alpha value is -2.64. The summed E-state index contributed by atoms with van der Waals surface area (Å²) in [4.78, 5) is 25.1. The lowest BCUT2D eigenvalue weighted by molar-refractivity contribution is 0.0986. The summed E-state index contributed by atoms with van der Waals surface area (Å²) in [6, 6.07) is 15.9. The van der Waals surface area contributed by atoms with E-state index in [1.165, 1.54) is 4.90 Å². The number of imidazole rings is 1. The van der Waals surface area contributed by atoms with E-state index >= 15 is 0 Å². The van der Waals surface area contributed by atoms with Crippen molar-refractivity contribution in [3.8, 4) is 0 Å². The lowest BCUT2D eigenvalue weighted by atomic mass is 10.2. The molecule has 148 valence electrons. The molecular formula is C22H22N4OS2. The molecule has 7 heteroatoms. The van der Waals surface area contributed by atoms with Gasteiger partial charge in [0.05, 0.1) is 16.5 Å². The number of rotatable bonds is 8. The molecule has 0 aliphatic rings. The van der Waals surface area contributed by atoms with Gasteiger partial charge in [0, 0.05) is 35.9 Å². The summed E-state index contributed by atoms with van der Waals surface area (Å²) < 4.78 is 3.11. The van der Waals surface area contributed by atoms with Crippen molar-refractivity contribution in [2.45, 2.75) is 24.8 Å². The third kappa shape index (κ3) is 4.68. The van der Waals surface area contributed by atoms with Gasteiger partial charge >= 0.3 is 0 Å².